The van der Waals surface area contributed by atoms with E-state index >= 15 is 0 Å². The fourth-order valence-corrected chi connectivity index (χ4v) is 2.29. The van der Waals surface area contributed by atoms with Gasteiger partial charge in [-0.15, -0.1) is 4.59 Å². The van der Waals surface area contributed by atoms with Gasteiger partial charge in [0.2, 0.25) is 0 Å². The van der Waals surface area contributed by atoms with Crippen molar-refractivity contribution in [2.75, 3.05) is 20.6 Å². The Labute approximate surface area is 109 Å². The van der Waals surface area contributed by atoms with Crippen LogP contribution in [-0.2, 0) is 9.59 Å². The number of carbonyl (C=O) groups excluding carboxylic acids is 2. The SMILES string of the molecule is CC1=N[N+]2(CC2C(=O)N(C)C)C(=O)C(Cl)=C1Cl. The lowest BCUT2D eigenvalue weighted by atomic mass is 10.3. The first-order valence-electron chi connectivity index (χ1n) is 5.07. The largest absolute Gasteiger partial charge is 0.386 e. The Morgan fingerprint density at radius 2 is 2.00 bits per heavy atom. The van der Waals surface area contributed by atoms with E-state index in [4.69, 9.17) is 23.2 Å². The molecule has 2 amide bonds. The van der Waals surface area contributed by atoms with Gasteiger partial charge in [-0.1, -0.05) is 28.3 Å². The van der Waals surface area contributed by atoms with Gasteiger partial charge < -0.3 is 4.90 Å². The highest BCUT2D eigenvalue weighted by molar-refractivity contribution is 6.54. The molecule has 2 rings (SSSR count). The van der Waals surface area contributed by atoms with Crippen LogP contribution in [0.1, 0.15) is 6.92 Å². The van der Waals surface area contributed by atoms with Gasteiger partial charge in [0, 0.05) is 14.1 Å². The van der Waals surface area contributed by atoms with Gasteiger partial charge in [0.1, 0.15) is 5.71 Å². The third-order valence-corrected chi connectivity index (χ3v) is 3.85. The zero-order valence-electron chi connectivity index (χ0n) is 9.70. The molecular weight excluding hydrogens is 265 g/mol. The number of allylic oxidation sites excluding steroid dienone is 1. The molecule has 0 radical (unpaired) electrons. The predicted molar refractivity (Wildman–Crippen MR) is 64.5 cm³/mol. The third kappa shape index (κ3) is 1.69. The standard InChI is InChI=1S/C10H12Cl2N3O2/c1-5-7(11)8(12)10(17)15(13-5)4-6(15)9(16)14(2)3/h6H,4H2,1-3H3/q+1. The van der Waals surface area contributed by atoms with Crippen LogP contribution in [0.4, 0.5) is 0 Å². The van der Waals surface area contributed by atoms with Crippen molar-refractivity contribution in [3.05, 3.63) is 10.1 Å². The number of hydrogen-bond acceptors (Lipinski definition) is 3. The molecule has 1 saturated heterocycles. The molecule has 7 heteroatoms. The summed E-state index contributed by atoms with van der Waals surface area (Å²) in [5, 5.41) is 4.34. The summed E-state index contributed by atoms with van der Waals surface area (Å²) >= 11 is 11.7. The molecule has 2 heterocycles. The summed E-state index contributed by atoms with van der Waals surface area (Å²) in [6.07, 6.45) is 0. The van der Waals surface area contributed by atoms with Crippen LogP contribution in [0, 0.1) is 0 Å². The Morgan fingerprint density at radius 1 is 1.41 bits per heavy atom. The van der Waals surface area contributed by atoms with Crippen molar-refractivity contribution in [2.45, 2.75) is 13.0 Å². The quantitative estimate of drug-likeness (QED) is 0.527. The number of likely N-dealkylation sites (N-methyl/N-ethyl adjacent to an activating group) is 1. The minimum absolute atomic E-state index is 0.0341. The number of halogens is 2. The van der Waals surface area contributed by atoms with Crippen molar-refractivity contribution in [2.24, 2.45) is 5.10 Å². The fourth-order valence-electron chi connectivity index (χ4n) is 1.89. The van der Waals surface area contributed by atoms with Gasteiger partial charge in [0.15, 0.2) is 11.6 Å². The van der Waals surface area contributed by atoms with Crippen LogP contribution in [0.15, 0.2) is 15.2 Å². The number of quaternary nitrogens is 1. The van der Waals surface area contributed by atoms with E-state index in [-0.39, 0.29) is 20.6 Å². The van der Waals surface area contributed by atoms with E-state index < -0.39 is 11.9 Å². The third-order valence-electron chi connectivity index (χ3n) is 2.94. The molecule has 1 fully saturated rings. The highest BCUT2D eigenvalue weighted by atomic mass is 35.5. The molecule has 17 heavy (non-hydrogen) atoms. The second kappa shape index (κ2) is 3.80. The average Bonchev–Trinajstić information content (AvgIpc) is 2.98. The molecule has 0 aliphatic carbocycles. The molecule has 0 aromatic heterocycles. The maximum atomic E-state index is 12.0. The van der Waals surface area contributed by atoms with Gasteiger partial charge in [-0.25, -0.2) is 4.79 Å². The van der Waals surface area contributed by atoms with E-state index in [0.29, 0.717) is 12.3 Å². The number of hydrogen-bond donors (Lipinski definition) is 0. The number of amides is 2. The average molecular weight is 277 g/mol. The molecular formula is C10H12Cl2N3O2+. The van der Waals surface area contributed by atoms with Gasteiger partial charge in [0.05, 0.1) is 5.03 Å². The molecule has 0 bridgehead atoms. The van der Waals surface area contributed by atoms with E-state index in [2.05, 4.69) is 5.10 Å². The van der Waals surface area contributed by atoms with Crippen molar-refractivity contribution in [1.29, 1.82) is 0 Å². The first kappa shape index (κ1) is 12.5. The van der Waals surface area contributed by atoms with E-state index in [1.165, 1.54) is 4.90 Å². The zero-order valence-corrected chi connectivity index (χ0v) is 11.2. The monoisotopic (exact) mass is 276 g/mol. The van der Waals surface area contributed by atoms with E-state index in [1.807, 2.05) is 0 Å². The zero-order chi connectivity index (χ0) is 13.0. The van der Waals surface area contributed by atoms with Crippen LogP contribution in [0.3, 0.4) is 0 Å². The Hall–Kier alpha value is -0.910. The van der Waals surface area contributed by atoms with Gasteiger partial charge in [-0.3, -0.25) is 4.79 Å². The minimum Gasteiger partial charge on any atom is -0.343 e. The second-order valence-electron chi connectivity index (χ2n) is 4.38. The Balaban J connectivity index is 2.34. The summed E-state index contributed by atoms with van der Waals surface area (Å²) in [6.45, 7) is 2.03. The van der Waals surface area contributed by atoms with Gasteiger partial charge in [-0.05, 0) is 6.92 Å². The number of nitrogens with zero attached hydrogens (tertiary/aromatic N) is 3. The van der Waals surface area contributed by atoms with E-state index in [1.54, 1.807) is 21.0 Å². The van der Waals surface area contributed by atoms with Crippen molar-refractivity contribution in [3.63, 3.8) is 0 Å². The molecule has 1 spiro atoms. The van der Waals surface area contributed by atoms with Crippen LogP contribution < -0.4 is 0 Å². The molecule has 2 unspecified atom stereocenters. The Kier molecular flexibility index (Phi) is 2.80. The van der Waals surface area contributed by atoms with Crippen molar-refractivity contribution >= 4 is 40.7 Å². The molecule has 2 aliphatic rings. The summed E-state index contributed by atoms with van der Waals surface area (Å²) < 4.78 is -0.266. The first-order valence-corrected chi connectivity index (χ1v) is 5.83. The fraction of sp³-hybridized carbons (Fsp3) is 0.500. The molecule has 0 aromatic carbocycles. The van der Waals surface area contributed by atoms with Crippen LogP contribution in [0.25, 0.3) is 0 Å². The highest BCUT2D eigenvalue weighted by Crippen LogP contribution is 2.41. The number of carbonyl (C=O) groups is 2. The van der Waals surface area contributed by atoms with Crippen molar-refractivity contribution in [3.8, 4) is 0 Å². The molecule has 5 nitrogen and oxygen atoms in total. The summed E-state index contributed by atoms with van der Waals surface area (Å²) in [5.74, 6) is -0.528. The minimum atomic E-state index is -0.467. The van der Waals surface area contributed by atoms with Crippen LogP contribution in [0.2, 0.25) is 0 Å². The predicted octanol–water partition coefficient (Wildman–Crippen LogP) is 0.879. The smallest absolute Gasteiger partial charge is 0.343 e. The summed E-state index contributed by atoms with van der Waals surface area (Å²) in [6, 6.07) is -0.467. The lowest BCUT2D eigenvalue weighted by molar-refractivity contribution is -0.733. The van der Waals surface area contributed by atoms with Crippen molar-refractivity contribution in [1.82, 2.24) is 4.90 Å². The van der Waals surface area contributed by atoms with Crippen LogP contribution >= 0.6 is 23.2 Å². The molecule has 0 saturated carbocycles. The lowest BCUT2D eigenvalue weighted by Gasteiger charge is -2.17. The second-order valence-corrected chi connectivity index (χ2v) is 5.13. The topological polar surface area (TPSA) is 49.7 Å². The highest BCUT2D eigenvalue weighted by Gasteiger charge is 2.69. The maximum Gasteiger partial charge on any atom is 0.386 e. The Morgan fingerprint density at radius 3 is 2.53 bits per heavy atom. The first-order chi connectivity index (χ1) is 7.81. The molecule has 2 atom stereocenters. The van der Waals surface area contributed by atoms with Gasteiger partial charge >= 0.3 is 5.91 Å². The van der Waals surface area contributed by atoms with E-state index in [9.17, 15) is 9.59 Å². The Bertz CT molecular complexity index is 484. The van der Waals surface area contributed by atoms with Gasteiger partial charge in [0.25, 0.3) is 11.9 Å². The summed E-state index contributed by atoms with van der Waals surface area (Å²) in [5.41, 5.74) is 0.491. The molecule has 2 aliphatic heterocycles. The van der Waals surface area contributed by atoms with Gasteiger partial charge in [-0.2, -0.15) is 0 Å². The molecule has 92 valence electrons. The summed E-state index contributed by atoms with van der Waals surface area (Å²) in [7, 11) is 3.29. The molecule has 0 aromatic rings. The lowest BCUT2D eigenvalue weighted by Crippen LogP contribution is -2.40. The maximum absolute atomic E-state index is 12.0. The summed E-state index contributed by atoms with van der Waals surface area (Å²) in [4.78, 5) is 25.3. The van der Waals surface area contributed by atoms with Crippen LogP contribution in [-0.4, -0.2) is 53.7 Å². The van der Waals surface area contributed by atoms with E-state index in [0.717, 1.165) is 0 Å². The van der Waals surface area contributed by atoms with Crippen molar-refractivity contribution < 1.29 is 14.2 Å². The number of rotatable bonds is 1. The van der Waals surface area contributed by atoms with Crippen LogP contribution in [0.5, 0.6) is 0 Å². The molecule has 0 N–H and O–H groups in total. The normalized spacial score (nSPS) is 31.7.